The van der Waals surface area contributed by atoms with Crippen LogP contribution < -0.4 is 16.4 Å². The average Bonchev–Trinajstić information content (AvgIpc) is 2.00. The Labute approximate surface area is 90.8 Å². The van der Waals surface area contributed by atoms with E-state index in [-0.39, 0.29) is 18.9 Å². The summed E-state index contributed by atoms with van der Waals surface area (Å²) < 4.78 is 0. The van der Waals surface area contributed by atoms with Gasteiger partial charge in [0, 0.05) is 12.0 Å². The van der Waals surface area contributed by atoms with Gasteiger partial charge >= 0.3 is 0 Å². The third-order valence-electron chi connectivity index (χ3n) is 1.81. The van der Waals surface area contributed by atoms with Gasteiger partial charge in [0.2, 0.25) is 11.8 Å². The summed E-state index contributed by atoms with van der Waals surface area (Å²) in [6.07, 6.45) is 1.13. The fourth-order valence-corrected chi connectivity index (χ4v) is 1.28. The van der Waals surface area contributed by atoms with E-state index in [9.17, 15) is 9.59 Å². The lowest BCUT2D eigenvalue weighted by Crippen LogP contribution is -2.48. The van der Waals surface area contributed by atoms with E-state index in [1.165, 1.54) is 0 Å². The van der Waals surface area contributed by atoms with E-state index in [1.54, 1.807) is 13.8 Å². The second-order valence-corrected chi connectivity index (χ2v) is 4.25. The fourth-order valence-electron chi connectivity index (χ4n) is 1.28. The lowest BCUT2D eigenvalue weighted by molar-refractivity contribution is -0.123. The second kappa shape index (κ2) is 6.40. The van der Waals surface area contributed by atoms with Crippen LogP contribution in [0.15, 0.2) is 0 Å². The summed E-state index contributed by atoms with van der Waals surface area (Å²) in [6.45, 7) is 6.66. The monoisotopic (exact) mass is 215 g/mol. The highest BCUT2D eigenvalue weighted by molar-refractivity contribution is 5.81. The molecule has 0 aromatic heterocycles. The van der Waals surface area contributed by atoms with Gasteiger partial charge < -0.3 is 16.4 Å². The Morgan fingerprint density at radius 3 is 2.40 bits per heavy atom. The molecule has 0 atom stereocenters. The number of hydrogen-bond donors (Lipinski definition) is 3. The van der Waals surface area contributed by atoms with Crippen molar-refractivity contribution in [1.29, 1.82) is 0 Å². The van der Waals surface area contributed by atoms with Crippen LogP contribution in [0.2, 0.25) is 0 Å². The normalized spacial score (nSPS) is 11.1. The average molecular weight is 215 g/mol. The van der Waals surface area contributed by atoms with Crippen molar-refractivity contribution in [3.05, 3.63) is 0 Å². The van der Waals surface area contributed by atoms with Crippen molar-refractivity contribution in [1.82, 2.24) is 10.6 Å². The summed E-state index contributed by atoms with van der Waals surface area (Å²) in [5.41, 5.74) is 4.50. The minimum Gasteiger partial charge on any atom is -0.370 e. The van der Waals surface area contributed by atoms with E-state index in [4.69, 9.17) is 5.73 Å². The van der Waals surface area contributed by atoms with Gasteiger partial charge in [0.1, 0.15) is 0 Å². The molecule has 5 heteroatoms. The van der Waals surface area contributed by atoms with Gasteiger partial charge in [-0.2, -0.15) is 0 Å². The number of amides is 2. The number of rotatable bonds is 7. The summed E-state index contributed by atoms with van der Waals surface area (Å²) in [5.74, 6) is -0.531. The Kier molecular flexibility index (Phi) is 5.93. The number of carbonyl (C=O) groups is 2. The van der Waals surface area contributed by atoms with Crippen LogP contribution in [0.1, 0.15) is 33.6 Å². The SMILES string of the molecule is CCCNCC(=O)NC(C)(C)CC(N)=O. The molecule has 5 nitrogen and oxygen atoms in total. The molecule has 0 saturated carbocycles. The van der Waals surface area contributed by atoms with Gasteiger partial charge in [0.25, 0.3) is 0 Å². The zero-order valence-electron chi connectivity index (χ0n) is 9.72. The predicted octanol–water partition coefficient (Wildman–Crippen LogP) is -0.244. The first-order valence-electron chi connectivity index (χ1n) is 5.17. The van der Waals surface area contributed by atoms with Gasteiger partial charge in [-0.25, -0.2) is 0 Å². The molecule has 2 amide bonds. The Hall–Kier alpha value is -1.10. The Morgan fingerprint density at radius 2 is 1.93 bits per heavy atom. The minimum absolute atomic E-state index is 0.116. The predicted molar refractivity (Wildman–Crippen MR) is 59.2 cm³/mol. The topological polar surface area (TPSA) is 84.2 Å². The first-order chi connectivity index (χ1) is 6.87. The molecule has 0 bridgehead atoms. The third-order valence-corrected chi connectivity index (χ3v) is 1.81. The zero-order valence-corrected chi connectivity index (χ0v) is 9.72. The van der Waals surface area contributed by atoms with Crippen molar-refractivity contribution in [2.75, 3.05) is 13.1 Å². The molecular weight excluding hydrogens is 194 g/mol. The molecule has 0 spiro atoms. The molecule has 4 N–H and O–H groups in total. The van der Waals surface area contributed by atoms with Gasteiger partial charge in [-0.3, -0.25) is 9.59 Å². The number of hydrogen-bond acceptors (Lipinski definition) is 3. The van der Waals surface area contributed by atoms with Crippen LogP contribution in [-0.2, 0) is 9.59 Å². The van der Waals surface area contributed by atoms with Gasteiger partial charge in [-0.15, -0.1) is 0 Å². The molecule has 88 valence electrons. The smallest absolute Gasteiger partial charge is 0.234 e. The molecule has 0 aliphatic heterocycles. The Bertz CT molecular complexity index is 227. The van der Waals surface area contributed by atoms with Crippen molar-refractivity contribution in [2.45, 2.75) is 39.2 Å². The van der Waals surface area contributed by atoms with E-state index >= 15 is 0 Å². The highest BCUT2D eigenvalue weighted by atomic mass is 16.2. The third kappa shape index (κ3) is 7.93. The molecule has 0 radical (unpaired) electrons. The van der Waals surface area contributed by atoms with Crippen LogP contribution in [0.4, 0.5) is 0 Å². The minimum atomic E-state index is -0.573. The standard InChI is InChI=1S/C10H21N3O2/c1-4-5-12-7-9(15)13-10(2,3)6-8(11)14/h12H,4-7H2,1-3H3,(H2,11,14)(H,13,15). The molecule has 0 saturated heterocycles. The van der Waals surface area contributed by atoms with Crippen LogP contribution in [0.3, 0.4) is 0 Å². The van der Waals surface area contributed by atoms with E-state index < -0.39 is 11.4 Å². The molecule has 0 rings (SSSR count). The summed E-state index contributed by atoms with van der Waals surface area (Å²) in [5, 5.41) is 5.73. The molecule has 0 aromatic carbocycles. The van der Waals surface area contributed by atoms with Crippen molar-refractivity contribution >= 4 is 11.8 Å². The van der Waals surface area contributed by atoms with Crippen molar-refractivity contribution < 1.29 is 9.59 Å². The Balaban J connectivity index is 3.88. The maximum Gasteiger partial charge on any atom is 0.234 e. The quantitative estimate of drug-likeness (QED) is 0.512. The Morgan fingerprint density at radius 1 is 1.33 bits per heavy atom. The van der Waals surface area contributed by atoms with E-state index in [2.05, 4.69) is 10.6 Å². The number of nitrogens with two attached hydrogens (primary N) is 1. The summed E-state index contributed by atoms with van der Waals surface area (Å²) in [6, 6.07) is 0. The van der Waals surface area contributed by atoms with Crippen LogP contribution >= 0.6 is 0 Å². The van der Waals surface area contributed by atoms with E-state index in [0.29, 0.717) is 0 Å². The lowest BCUT2D eigenvalue weighted by atomic mass is 10.0. The summed E-state index contributed by atoms with van der Waals surface area (Å²) in [7, 11) is 0. The molecule has 0 aliphatic rings. The summed E-state index contributed by atoms with van der Waals surface area (Å²) in [4.78, 5) is 22.1. The highest BCUT2D eigenvalue weighted by Gasteiger charge is 2.22. The van der Waals surface area contributed by atoms with Gasteiger partial charge in [0.15, 0.2) is 0 Å². The van der Waals surface area contributed by atoms with Crippen LogP contribution in [0.5, 0.6) is 0 Å². The molecular formula is C10H21N3O2. The van der Waals surface area contributed by atoms with Gasteiger partial charge in [0.05, 0.1) is 6.54 Å². The van der Waals surface area contributed by atoms with E-state index in [0.717, 1.165) is 13.0 Å². The van der Waals surface area contributed by atoms with Gasteiger partial charge in [-0.1, -0.05) is 6.92 Å². The second-order valence-electron chi connectivity index (χ2n) is 4.25. The first kappa shape index (κ1) is 13.9. The van der Waals surface area contributed by atoms with Crippen molar-refractivity contribution in [2.24, 2.45) is 5.73 Å². The van der Waals surface area contributed by atoms with E-state index in [1.807, 2.05) is 6.92 Å². The number of primary amides is 1. The molecule has 15 heavy (non-hydrogen) atoms. The maximum absolute atomic E-state index is 11.4. The molecule has 0 unspecified atom stereocenters. The molecule has 0 aromatic rings. The number of carbonyl (C=O) groups excluding carboxylic acids is 2. The zero-order chi connectivity index (χ0) is 11.9. The van der Waals surface area contributed by atoms with Crippen LogP contribution in [-0.4, -0.2) is 30.4 Å². The molecule has 0 heterocycles. The maximum atomic E-state index is 11.4. The fraction of sp³-hybridized carbons (Fsp3) is 0.800. The van der Waals surface area contributed by atoms with Crippen LogP contribution in [0, 0.1) is 0 Å². The van der Waals surface area contributed by atoms with Crippen LogP contribution in [0.25, 0.3) is 0 Å². The first-order valence-corrected chi connectivity index (χ1v) is 5.17. The highest BCUT2D eigenvalue weighted by Crippen LogP contribution is 2.06. The number of nitrogens with one attached hydrogen (secondary N) is 2. The van der Waals surface area contributed by atoms with Gasteiger partial charge in [-0.05, 0) is 26.8 Å². The summed E-state index contributed by atoms with van der Waals surface area (Å²) >= 11 is 0. The molecule has 0 fully saturated rings. The largest absolute Gasteiger partial charge is 0.370 e. The van der Waals surface area contributed by atoms with Crippen molar-refractivity contribution in [3.63, 3.8) is 0 Å². The lowest BCUT2D eigenvalue weighted by Gasteiger charge is -2.24. The molecule has 0 aliphatic carbocycles. The van der Waals surface area contributed by atoms with Crippen molar-refractivity contribution in [3.8, 4) is 0 Å².